The van der Waals surface area contributed by atoms with Crippen molar-refractivity contribution in [3.63, 3.8) is 0 Å². The molecule has 1 aromatic rings. The molecule has 0 radical (unpaired) electrons. The number of halogens is 2. The molecule has 0 saturated carbocycles. The maximum absolute atomic E-state index is 5.89. The SMILES string of the molecule is CC(C)c1ccc(OCCC2CCCCN2)c(Br)c1.Cl. The van der Waals surface area contributed by atoms with Crippen LogP contribution in [-0.2, 0) is 0 Å². The second-order valence-electron chi connectivity index (χ2n) is 5.63. The summed E-state index contributed by atoms with van der Waals surface area (Å²) < 4.78 is 6.95. The first-order valence-corrected chi connectivity index (χ1v) is 8.11. The van der Waals surface area contributed by atoms with Crippen molar-refractivity contribution in [2.24, 2.45) is 0 Å². The topological polar surface area (TPSA) is 21.3 Å². The summed E-state index contributed by atoms with van der Waals surface area (Å²) in [6, 6.07) is 7.04. The molecule has 4 heteroatoms. The fourth-order valence-electron chi connectivity index (χ4n) is 2.47. The summed E-state index contributed by atoms with van der Waals surface area (Å²) in [4.78, 5) is 0. The van der Waals surface area contributed by atoms with Gasteiger partial charge in [-0.15, -0.1) is 12.4 Å². The number of hydrogen-bond acceptors (Lipinski definition) is 2. The molecule has 1 heterocycles. The zero-order chi connectivity index (χ0) is 13.7. The molecule has 1 saturated heterocycles. The molecule has 0 spiro atoms. The van der Waals surface area contributed by atoms with Crippen LogP contribution in [0.3, 0.4) is 0 Å². The van der Waals surface area contributed by atoms with Crippen LogP contribution in [0.1, 0.15) is 51.0 Å². The van der Waals surface area contributed by atoms with Gasteiger partial charge in [0.2, 0.25) is 0 Å². The van der Waals surface area contributed by atoms with Crippen LogP contribution in [0.15, 0.2) is 22.7 Å². The fraction of sp³-hybridized carbons (Fsp3) is 0.625. The van der Waals surface area contributed by atoms with Crippen LogP contribution < -0.4 is 10.1 Å². The Hall–Kier alpha value is -0.250. The van der Waals surface area contributed by atoms with E-state index in [4.69, 9.17) is 4.74 Å². The molecule has 0 bridgehead atoms. The lowest BCUT2D eigenvalue weighted by molar-refractivity contribution is 0.267. The van der Waals surface area contributed by atoms with Gasteiger partial charge in [0.25, 0.3) is 0 Å². The second-order valence-corrected chi connectivity index (χ2v) is 6.48. The minimum atomic E-state index is 0. The largest absolute Gasteiger partial charge is 0.492 e. The molecule has 1 atom stereocenters. The molecule has 1 fully saturated rings. The molecule has 0 aromatic heterocycles. The van der Waals surface area contributed by atoms with Crippen molar-refractivity contribution < 1.29 is 4.74 Å². The molecule has 20 heavy (non-hydrogen) atoms. The molecule has 1 aromatic carbocycles. The lowest BCUT2D eigenvalue weighted by Crippen LogP contribution is -2.35. The monoisotopic (exact) mass is 361 g/mol. The highest BCUT2D eigenvalue weighted by molar-refractivity contribution is 9.10. The first-order valence-electron chi connectivity index (χ1n) is 7.32. The zero-order valence-electron chi connectivity index (χ0n) is 12.3. The molecule has 1 aliphatic rings. The predicted molar refractivity (Wildman–Crippen MR) is 91.2 cm³/mol. The highest BCUT2D eigenvalue weighted by Gasteiger charge is 2.12. The summed E-state index contributed by atoms with van der Waals surface area (Å²) in [5, 5.41) is 3.55. The Morgan fingerprint density at radius 1 is 1.35 bits per heavy atom. The highest BCUT2D eigenvalue weighted by Crippen LogP contribution is 2.29. The second kappa shape index (κ2) is 8.91. The summed E-state index contributed by atoms with van der Waals surface area (Å²) >= 11 is 3.60. The third kappa shape index (κ3) is 5.27. The van der Waals surface area contributed by atoms with Gasteiger partial charge in [-0.1, -0.05) is 26.3 Å². The van der Waals surface area contributed by atoms with Crippen molar-refractivity contribution in [2.75, 3.05) is 13.2 Å². The van der Waals surface area contributed by atoms with Crippen LogP contribution in [0, 0.1) is 0 Å². The number of hydrogen-bond donors (Lipinski definition) is 1. The van der Waals surface area contributed by atoms with Crippen molar-refractivity contribution in [3.8, 4) is 5.75 Å². The Kier molecular flexibility index (Phi) is 7.93. The predicted octanol–water partition coefficient (Wildman–Crippen LogP) is 4.91. The van der Waals surface area contributed by atoms with Crippen molar-refractivity contribution in [1.29, 1.82) is 0 Å². The first-order chi connectivity index (χ1) is 9.16. The van der Waals surface area contributed by atoms with E-state index in [0.29, 0.717) is 12.0 Å². The number of benzene rings is 1. The summed E-state index contributed by atoms with van der Waals surface area (Å²) in [5.74, 6) is 1.51. The van der Waals surface area contributed by atoms with Gasteiger partial charge < -0.3 is 10.1 Å². The van der Waals surface area contributed by atoms with Gasteiger partial charge in [-0.3, -0.25) is 0 Å². The van der Waals surface area contributed by atoms with Crippen molar-refractivity contribution in [2.45, 2.75) is 51.5 Å². The summed E-state index contributed by atoms with van der Waals surface area (Å²) in [6.07, 6.45) is 5.05. The summed E-state index contributed by atoms with van der Waals surface area (Å²) in [6.45, 7) is 6.36. The van der Waals surface area contributed by atoms with Crippen LogP contribution in [0.5, 0.6) is 5.75 Å². The van der Waals surface area contributed by atoms with Gasteiger partial charge in [-0.2, -0.15) is 0 Å². The normalized spacial score (nSPS) is 18.7. The molecule has 0 amide bonds. The maximum Gasteiger partial charge on any atom is 0.133 e. The van der Waals surface area contributed by atoms with E-state index >= 15 is 0 Å². The van der Waals surface area contributed by atoms with E-state index in [9.17, 15) is 0 Å². The Labute approximate surface area is 137 Å². The van der Waals surface area contributed by atoms with E-state index in [1.54, 1.807) is 0 Å². The van der Waals surface area contributed by atoms with Crippen LogP contribution in [-0.4, -0.2) is 19.2 Å². The van der Waals surface area contributed by atoms with Crippen molar-refractivity contribution >= 4 is 28.3 Å². The number of rotatable bonds is 5. The Balaban J connectivity index is 0.00000200. The average molecular weight is 363 g/mol. The number of nitrogens with one attached hydrogen (secondary N) is 1. The van der Waals surface area contributed by atoms with E-state index in [2.05, 4.69) is 53.3 Å². The molecule has 1 aliphatic heterocycles. The molecule has 0 aliphatic carbocycles. The lowest BCUT2D eigenvalue weighted by atomic mass is 10.0. The van der Waals surface area contributed by atoms with Crippen molar-refractivity contribution in [1.82, 2.24) is 5.32 Å². The van der Waals surface area contributed by atoms with Gasteiger partial charge in [0, 0.05) is 6.04 Å². The first kappa shape index (κ1) is 17.8. The van der Waals surface area contributed by atoms with E-state index < -0.39 is 0 Å². The molecule has 2 nitrogen and oxygen atoms in total. The van der Waals surface area contributed by atoms with E-state index in [1.165, 1.54) is 24.8 Å². The average Bonchev–Trinajstić information content (AvgIpc) is 2.41. The van der Waals surface area contributed by atoms with E-state index in [1.807, 2.05) is 0 Å². The molecule has 1 unspecified atom stereocenters. The minimum absolute atomic E-state index is 0. The van der Waals surface area contributed by atoms with Crippen LogP contribution in [0.4, 0.5) is 0 Å². The minimum Gasteiger partial charge on any atom is -0.492 e. The van der Waals surface area contributed by atoms with Gasteiger partial charge in [-0.05, 0) is 65.4 Å². The van der Waals surface area contributed by atoms with Crippen LogP contribution in [0.25, 0.3) is 0 Å². The fourth-order valence-corrected chi connectivity index (χ4v) is 2.99. The van der Waals surface area contributed by atoms with Crippen molar-refractivity contribution in [3.05, 3.63) is 28.2 Å². The maximum atomic E-state index is 5.89. The number of piperidine rings is 1. The summed E-state index contributed by atoms with van der Waals surface area (Å²) in [5.41, 5.74) is 1.34. The smallest absolute Gasteiger partial charge is 0.133 e. The van der Waals surface area contributed by atoms with Gasteiger partial charge in [0.1, 0.15) is 5.75 Å². The van der Waals surface area contributed by atoms with Crippen LogP contribution >= 0.6 is 28.3 Å². The Morgan fingerprint density at radius 3 is 2.75 bits per heavy atom. The molecule has 114 valence electrons. The van der Waals surface area contributed by atoms with Gasteiger partial charge >= 0.3 is 0 Å². The van der Waals surface area contributed by atoms with E-state index in [0.717, 1.165) is 29.8 Å². The van der Waals surface area contributed by atoms with Crippen LogP contribution in [0.2, 0.25) is 0 Å². The molecular formula is C16H25BrClNO. The lowest BCUT2D eigenvalue weighted by Gasteiger charge is -2.23. The summed E-state index contributed by atoms with van der Waals surface area (Å²) in [7, 11) is 0. The Bertz CT molecular complexity index is 405. The third-order valence-corrected chi connectivity index (χ3v) is 4.38. The highest BCUT2D eigenvalue weighted by atomic mass is 79.9. The van der Waals surface area contributed by atoms with E-state index in [-0.39, 0.29) is 12.4 Å². The molecular weight excluding hydrogens is 338 g/mol. The Morgan fingerprint density at radius 2 is 2.15 bits per heavy atom. The standard InChI is InChI=1S/C16H24BrNO.ClH/c1-12(2)13-6-7-16(15(17)11-13)19-10-8-14-5-3-4-9-18-14;/h6-7,11-12,14,18H,3-5,8-10H2,1-2H3;1H. The number of ether oxygens (including phenoxy) is 1. The van der Waals surface area contributed by atoms with Gasteiger partial charge in [0.05, 0.1) is 11.1 Å². The quantitative estimate of drug-likeness (QED) is 0.804. The zero-order valence-corrected chi connectivity index (χ0v) is 14.7. The third-order valence-electron chi connectivity index (χ3n) is 3.76. The molecule has 2 rings (SSSR count). The molecule has 1 N–H and O–H groups in total. The van der Waals surface area contributed by atoms with Gasteiger partial charge in [-0.25, -0.2) is 0 Å². The van der Waals surface area contributed by atoms with Gasteiger partial charge in [0.15, 0.2) is 0 Å².